The molecule has 2 unspecified atom stereocenters. The molecule has 3 nitrogen and oxygen atoms in total. The minimum atomic E-state index is 0.422. The van der Waals surface area contributed by atoms with E-state index in [1.165, 1.54) is 11.3 Å². The summed E-state index contributed by atoms with van der Waals surface area (Å²) in [6, 6.07) is 0.531. The van der Waals surface area contributed by atoms with Gasteiger partial charge in [0.2, 0.25) is 0 Å². The van der Waals surface area contributed by atoms with E-state index in [1.807, 2.05) is 5.38 Å². The molecule has 2 saturated heterocycles. The molecule has 70 valence electrons. The van der Waals surface area contributed by atoms with Crippen LogP contribution in [0.3, 0.4) is 0 Å². The smallest absolute Gasteiger partial charge is 0.185 e. The van der Waals surface area contributed by atoms with Crippen LogP contribution in [0.15, 0.2) is 5.38 Å². The number of ether oxygens (including phenoxy) is 1. The molecule has 2 aliphatic heterocycles. The number of nitrogens with zero attached hydrogens (tertiary/aromatic N) is 2. The maximum Gasteiger partial charge on any atom is 0.185 e. The summed E-state index contributed by atoms with van der Waals surface area (Å²) < 4.78 is 6.14. The Kier molecular flexibility index (Phi) is 1.75. The van der Waals surface area contributed by atoms with Crippen LogP contribution in [-0.4, -0.2) is 30.3 Å². The van der Waals surface area contributed by atoms with Crippen molar-refractivity contribution in [3.63, 3.8) is 0 Å². The van der Waals surface area contributed by atoms with E-state index in [-0.39, 0.29) is 0 Å². The highest BCUT2D eigenvalue weighted by molar-refractivity contribution is 7.14. The fourth-order valence-corrected chi connectivity index (χ4v) is 2.81. The maximum absolute atomic E-state index is 5.79. The summed E-state index contributed by atoms with van der Waals surface area (Å²) in [6.45, 7) is 1.82. The summed E-state index contributed by atoms with van der Waals surface area (Å²) in [5.41, 5.74) is 0. The van der Waals surface area contributed by atoms with E-state index in [0.29, 0.717) is 16.6 Å². The highest BCUT2D eigenvalue weighted by atomic mass is 35.5. The normalized spacial score (nSPS) is 31.6. The van der Waals surface area contributed by atoms with Gasteiger partial charge in [-0.1, -0.05) is 11.6 Å². The molecule has 0 aromatic carbocycles. The van der Waals surface area contributed by atoms with Gasteiger partial charge in [0.05, 0.1) is 18.8 Å². The molecular weight excluding hydrogens is 208 g/mol. The number of hydrogen-bond donors (Lipinski definition) is 0. The number of fused-ring (bicyclic) bond motifs is 2. The Balaban J connectivity index is 1.87. The largest absolute Gasteiger partial charge is 0.374 e. The molecule has 2 atom stereocenters. The van der Waals surface area contributed by atoms with Crippen LogP contribution in [0.25, 0.3) is 0 Å². The first-order chi connectivity index (χ1) is 6.33. The molecule has 1 aromatic rings. The van der Waals surface area contributed by atoms with Gasteiger partial charge in [-0.15, -0.1) is 11.3 Å². The van der Waals surface area contributed by atoms with E-state index in [2.05, 4.69) is 9.88 Å². The lowest BCUT2D eigenvalue weighted by atomic mass is 10.2. The number of rotatable bonds is 1. The van der Waals surface area contributed by atoms with Crippen molar-refractivity contribution in [1.82, 2.24) is 4.98 Å². The van der Waals surface area contributed by atoms with Gasteiger partial charge in [-0.3, -0.25) is 0 Å². The lowest BCUT2D eigenvalue weighted by Gasteiger charge is -2.26. The molecule has 3 heterocycles. The fraction of sp³-hybridized carbons (Fsp3) is 0.625. The van der Waals surface area contributed by atoms with Gasteiger partial charge in [0.25, 0.3) is 0 Å². The highest BCUT2D eigenvalue weighted by Gasteiger charge is 2.39. The van der Waals surface area contributed by atoms with Crippen LogP contribution in [0.4, 0.5) is 5.82 Å². The minimum absolute atomic E-state index is 0.422. The molecule has 5 heteroatoms. The van der Waals surface area contributed by atoms with Crippen LogP contribution in [0, 0.1) is 0 Å². The molecule has 13 heavy (non-hydrogen) atoms. The van der Waals surface area contributed by atoms with E-state index in [9.17, 15) is 0 Å². The number of anilines is 1. The van der Waals surface area contributed by atoms with Gasteiger partial charge in [-0.05, 0) is 6.42 Å². The van der Waals surface area contributed by atoms with E-state index in [0.717, 1.165) is 25.4 Å². The second-order valence-electron chi connectivity index (χ2n) is 3.46. The topological polar surface area (TPSA) is 25.4 Å². The maximum atomic E-state index is 5.79. The van der Waals surface area contributed by atoms with Crippen molar-refractivity contribution in [2.24, 2.45) is 0 Å². The summed E-state index contributed by atoms with van der Waals surface area (Å²) in [7, 11) is 0. The first-order valence-electron chi connectivity index (χ1n) is 4.32. The zero-order valence-corrected chi connectivity index (χ0v) is 8.51. The summed E-state index contributed by atoms with van der Waals surface area (Å²) in [6.07, 6.45) is 1.57. The third-order valence-corrected chi connectivity index (χ3v) is 3.62. The van der Waals surface area contributed by atoms with E-state index < -0.39 is 0 Å². The SMILES string of the molecule is Clc1nc(N2CC3CC2CO3)cs1. The predicted octanol–water partition coefficient (Wildman–Crippen LogP) is 1.77. The van der Waals surface area contributed by atoms with Crippen molar-refractivity contribution in [2.45, 2.75) is 18.6 Å². The van der Waals surface area contributed by atoms with E-state index in [4.69, 9.17) is 16.3 Å². The summed E-state index contributed by atoms with van der Waals surface area (Å²) in [5.74, 6) is 1.02. The quantitative estimate of drug-likeness (QED) is 0.716. The van der Waals surface area contributed by atoms with Crippen LogP contribution < -0.4 is 4.90 Å². The van der Waals surface area contributed by atoms with Crippen LogP contribution in [0.5, 0.6) is 0 Å². The Morgan fingerprint density at radius 1 is 1.69 bits per heavy atom. The Morgan fingerprint density at radius 3 is 3.15 bits per heavy atom. The number of morpholine rings is 1. The van der Waals surface area contributed by atoms with Crippen molar-refractivity contribution in [1.29, 1.82) is 0 Å². The average Bonchev–Trinajstić information content (AvgIpc) is 2.77. The van der Waals surface area contributed by atoms with Gasteiger partial charge in [0.1, 0.15) is 5.82 Å². The molecule has 0 spiro atoms. The van der Waals surface area contributed by atoms with Crippen LogP contribution in [0.1, 0.15) is 6.42 Å². The third-order valence-electron chi connectivity index (χ3n) is 2.66. The monoisotopic (exact) mass is 216 g/mol. The highest BCUT2D eigenvalue weighted by Crippen LogP contribution is 2.33. The molecule has 1 aromatic heterocycles. The Hall–Kier alpha value is -0.320. The van der Waals surface area contributed by atoms with Crippen LogP contribution >= 0.6 is 22.9 Å². The molecule has 2 fully saturated rings. The number of thiazole rings is 1. The van der Waals surface area contributed by atoms with Crippen molar-refractivity contribution < 1.29 is 4.74 Å². The molecule has 0 radical (unpaired) electrons. The molecule has 0 saturated carbocycles. The number of hydrogen-bond acceptors (Lipinski definition) is 4. The Morgan fingerprint density at radius 2 is 2.62 bits per heavy atom. The average molecular weight is 217 g/mol. The molecule has 0 aliphatic carbocycles. The molecule has 2 bridgehead atoms. The molecule has 0 N–H and O–H groups in total. The number of aromatic nitrogens is 1. The second kappa shape index (κ2) is 2.83. The third kappa shape index (κ3) is 1.24. The minimum Gasteiger partial charge on any atom is -0.374 e. The first kappa shape index (κ1) is 8.03. The summed E-state index contributed by atoms with van der Waals surface area (Å²) in [5, 5.41) is 2.02. The molecule has 3 rings (SSSR count). The molecular formula is C8H9ClN2OS. The zero-order chi connectivity index (χ0) is 8.84. The van der Waals surface area contributed by atoms with Crippen molar-refractivity contribution in [3.05, 3.63) is 9.85 Å². The van der Waals surface area contributed by atoms with Crippen LogP contribution in [-0.2, 0) is 4.74 Å². The van der Waals surface area contributed by atoms with Gasteiger partial charge >= 0.3 is 0 Å². The predicted molar refractivity (Wildman–Crippen MR) is 52.6 cm³/mol. The van der Waals surface area contributed by atoms with Gasteiger partial charge in [0.15, 0.2) is 4.47 Å². The Labute approximate surface area is 85.3 Å². The van der Waals surface area contributed by atoms with E-state index in [1.54, 1.807) is 0 Å². The van der Waals surface area contributed by atoms with Crippen molar-refractivity contribution in [3.8, 4) is 0 Å². The van der Waals surface area contributed by atoms with Gasteiger partial charge in [0, 0.05) is 11.9 Å². The second-order valence-corrected chi connectivity index (χ2v) is 4.90. The molecule has 0 amide bonds. The molecule has 2 aliphatic rings. The zero-order valence-electron chi connectivity index (χ0n) is 6.94. The Bertz CT molecular complexity index is 330. The van der Waals surface area contributed by atoms with Gasteiger partial charge in [-0.2, -0.15) is 0 Å². The van der Waals surface area contributed by atoms with Gasteiger partial charge in [-0.25, -0.2) is 4.98 Å². The summed E-state index contributed by atoms with van der Waals surface area (Å²) >= 11 is 7.28. The standard InChI is InChI=1S/C8H9ClN2OS/c9-8-10-7(4-13-8)11-2-6-1-5(11)3-12-6/h4-6H,1-3H2. The van der Waals surface area contributed by atoms with Crippen LogP contribution in [0.2, 0.25) is 4.47 Å². The first-order valence-corrected chi connectivity index (χ1v) is 5.58. The lowest BCUT2D eigenvalue weighted by Crippen LogP contribution is -2.37. The van der Waals surface area contributed by atoms with Crippen molar-refractivity contribution >= 4 is 28.8 Å². The number of halogens is 1. The van der Waals surface area contributed by atoms with Crippen molar-refractivity contribution in [2.75, 3.05) is 18.1 Å². The van der Waals surface area contributed by atoms with Gasteiger partial charge < -0.3 is 9.64 Å². The summed E-state index contributed by atoms with van der Waals surface area (Å²) in [4.78, 5) is 6.57. The van der Waals surface area contributed by atoms with E-state index >= 15 is 0 Å². The lowest BCUT2D eigenvalue weighted by molar-refractivity contribution is 0.0989. The fourth-order valence-electron chi connectivity index (χ4n) is 2.06.